The fourth-order valence-electron chi connectivity index (χ4n) is 11.5. The first kappa shape index (κ1) is 69.8. The van der Waals surface area contributed by atoms with Gasteiger partial charge in [-0.15, -0.1) is 0 Å². The van der Waals surface area contributed by atoms with Crippen LogP contribution in [-0.2, 0) is 30.2 Å². The lowest BCUT2D eigenvalue weighted by atomic mass is 9.93. The summed E-state index contributed by atoms with van der Waals surface area (Å²) in [5.74, 6) is 2.08. The van der Waals surface area contributed by atoms with Gasteiger partial charge in [0.1, 0.15) is 11.2 Å². The van der Waals surface area contributed by atoms with Gasteiger partial charge < -0.3 is 67.7 Å². The molecule has 4 atom stereocenters. The second kappa shape index (κ2) is 33.3. The number of likely N-dealkylation sites (tertiary alicyclic amines) is 2. The number of methoxy groups -OCH3 is 4. The summed E-state index contributed by atoms with van der Waals surface area (Å²) in [5.41, 5.74) is 0.775. The maximum absolute atomic E-state index is 14.2. The molecule has 0 bridgehead atoms. The summed E-state index contributed by atoms with van der Waals surface area (Å²) in [6, 6.07) is 20.8. The third kappa shape index (κ3) is 21.8. The van der Waals surface area contributed by atoms with Gasteiger partial charge in [0.2, 0.25) is 5.91 Å². The Morgan fingerprint density at radius 2 is 1.00 bits per heavy atom. The minimum absolute atomic E-state index is 0.0516. The normalized spacial score (nSPS) is 18.7. The third-order valence-electron chi connectivity index (χ3n) is 16.0. The van der Waals surface area contributed by atoms with Gasteiger partial charge in [-0.05, 0) is 182 Å². The van der Waals surface area contributed by atoms with E-state index in [0.717, 1.165) is 57.1 Å². The van der Waals surface area contributed by atoms with Crippen molar-refractivity contribution in [3.05, 3.63) is 83.4 Å². The highest BCUT2D eigenvalue weighted by Crippen LogP contribution is 2.35. The zero-order chi connectivity index (χ0) is 63.4. The fourth-order valence-corrected chi connectivity index (χ4v) is 11.5. The van der Waals surface area contributed by atoms with Gasteiger partial charge in [0.05, 0.1) is 45.9 Å². The van der Waals surface area contributed by atoms with E-state index in [0.29, 0.717) is 112 Å². The number of piperidine rings is 2. The summed E-state index contributed by atoms with van der Waals surface area (Å²) in [5, 5.41) is 3.57. The van der Waals surface area contributed by atoms with Crippen molar-refractivity contribution in [2.24, 2.45) is 0 Å². The van der Waals surface area contributed by atoms with E-state index in [-0.39, 0.29) is 66.1 Å². The molecule has 87 heavy (non-hydrogen) atoms. The van der Waals surface area contributed by atoms with Crippen molar-refractivity contribution in [1.82, 2.24) is 29.8 Å². The molecule has 0 spiro atoms. The van der Waals surface area contributed by atoms with Crippen LogP contribution in [0.1, 0.15) is 173 Å². The predicted molar refractivity (Wildman–Crippen MR) is 337 cm³/mol. The van der Waals surface area contributed by atoms with Crippen LogP contribution < -0.4 is 24.3 Å². The van der Waals surface area contributed by atoms with Gasteiger partial charge in [0, 0.05) is 107 Å². The van der Waals surface area contributed by atoms with Gasteiger partial charge in [-0.1, -0.05) is 30.3 Å². The quantitative estimate of drug-likeness (QED) is 0.0676. The molecule has 1 N–H and O–H groups in total. The second-order valence-corrected chi connectivity index (χ2v) is 26.1. The molecule has 2 saturated heterocycles. The number of ether oxygens (including phenoxy) is 8. The first-order valence-electron chi connectivity index (χ1n) is 31.8. The van der Waals surface area contributed by atoms with Crippen LogP contribution in [0.3, 0.4) is 0 Å². The molecule has 0 aromatic heterocycles. The molecular weight excluding hydrogens is 1110 g/mol. The summed E-state index contributed by atoms with van der Waals surface area (Å²) in [6.45, 7) is 23.6. The molecule has 3 aromatic carbocycles. The van der Waals surface area contributed by atoms with Crippen LogP contribution >= 0.6 is 0 Å². The fraction of sp³-hybridized carbons (Fsp3) is 0.662. The molecule has 4 aliphatic rings. The monoisotopic (exact) mass is 1210 g/mol. The van der Waals surface area contributed by atoms with E-state index in [9.17, 15) is 24.0 Å². The van der Waals surface area contributed by atoms with Crippen LogP contribution in [0.2, 0.25) is 0 Å². The average Bonchev–Trinajstić information content (AvgIpc) is 2.19. The van der Waals surface area contributed by atoms with Crippen molar-refractivity contribution in [2.45, 2.75) is 212 Å². The minimum Gasteiger partial charge on any atom is -0.493 e. The van der Waals surface area contributed by atoms with Crippen molar-refractivity contribution >= 4 is 29.9 Å². The smallest absolute Gasteiger partial charge is 0.410 e. The first-order chi connectivity index (χ1) is 41.4. The summed E-state index contributed by atoms with van der Waals surface area (Å²) in [4.78, 5) is 78.0. The molecule has 3 aromatic rings. The number of carbonyl (C=O) groups excluding carboxylic acids is 5. The molecule has 0 unspecified atom stereocenters. The number of hydrogen-bond donors (Lipinski definition) is 1. The van der Waals surface area contributed by atoms with Gasteiger partial charge in [-0.2, -0.15) is 0 Å². The Bertz CT molecular complexity index is 2650. The number of rotatable bonds is 28. The number of nitrogens with zero attached hydrogens (tertiary/aromatic N) is 5. The molecule has 2 heterocycles. The second-order valence-electron chi connectivity index (χ2n) is 26.1. The van der Waals surface area contributed by atoms with E-state index in [4.69, 9.17) is 37.9 Å². The molecule has 5 amide bonds. The van der Waals surface area contributed by atoms with Crippen LogP contribution in [0.4, 0.5) is 9.59 Å². The Morgan fingerprint density at radius 1 is 0.552 bits per heavy atom. The Morgan fingerprint density at radius 3 is 1.40 bits per heavy atom. The largest absolute Gasteiger partial charge is 0.493 e. The molecule has 2 aliphatic heterocycles. The highest BCUT2D eigenvalue weighted by Gasteiger charge is 2.42. The number of hydrogen-bond acceptors (Lipinski definition) is 14. The summed E-state index contributed by atoms with van der Waals surface area (Å²) in [6.07, 6.45) is 10.2. The maximum atomic E-state index is 14.2. The van der Waals surface area contributed by atoms with Crippen LogP contribution in [0.25, 0.3) is 0 Å². The molecule has 4 fully saturated rings. The summed E-state index contributed by atoms with van der Waals surface area (Å²) >= 11 is 0. The average molecular weight is 1210 g/mol. The maximum Gasteiger partial charge on any atom is 0.410 e. The molecule has 7 rings (SSSR count). The van der Waals surface area contributed by atoms with Crippen LogP contribution in [0.5, 0.6) is 23.0 Å². The lowest BCUT2D eigenvalue weighted by Crippen LogP contribution is -2.58. The van der Waals surface area contributed by atoms with Crippen molar-refractivity contribution in [1.29, 1.82) is 0 Å². The zero-order valence-corrected chi connectivity index (χ0v) is 54.9. The van der Waals surface area contributed by atoms with E-state index in [1.165, 1.54) is 12.8 Å². The summed E-state index contributed by atoms with van der Waals surface area (Å²) in [7, 11) is 6.47. The highest BCUT2D eigenvalue weighted by atomic mass is 16.6. The van der Waals surface area contributed by atoms with Crippen molar-refractivity contribution in [2.75, 3.05) is 81.0 Å². The SMILES string of the molecule is COCCCOc1cc(C(=O)N(C(C)C)[C@@H]2CC[C@@H](CCN(C(=O)Cc3ccccc3)C3CC3)N(C(=O)OC(C)(C)C)C2)ccc1OC.COCCCOc1cc(C(=O)N(C(C)C)[C@@H]2CC[C@H](CCNC3CC3)N(C(=O)OC(C)(C)C)C2)ccc1OC. The topological polar surface area (TPSA) is 187 Å². The predicted octanol–water partition coefficient (Wildman–Crippen LogP) is 11.2. The van der Waals surface area contributed by atoms with Gasteiger partial charge >= 0.3 is 12.2 Å². The lowest BCUT2D eigenvalue weighted by Gasteiger charge is -2.45. The first-order valence-corrected chi connectivity index (χ1v) is 31.8. The van der Waals surface area contributed by atoms with Gasteiger partial charge in [0.15, 0.2) is 23.0 Å². The molecule has 19 nitrogen and oxygen atoms in total. The molecule has 2 saturated carbocycles. The third-order valence-corrected chi connectivity index (χ3v) is 16.0. The van der Waals surface area contributed by atoms with Crippen LogP contribution in [-0.4, -0.2) is 195 Å². The Hall–Kier alpha value is -6.31. The highest BCUT2D eigenvalue weighted by molar-refractivity contribution is 5.96. The molecule has 0 radical (unpaired) electrons. The lowest BCUT2D eigenvalue weighted by molar-refractivity contribution is -0.131. The molecule has 2 aliphatic carbocycles. The number of amides is 5. The number of benzene rings is 3. The van der Waals surface area contributed by atoms with Gasteiger partial charge in [-0.3, -0.25) is 14.4 Å². The van der Waals surface area contributed by atoms with E-state index in [2.05, 4.69) is 5.32 Å². The van der Waals surface area contributed by atoms with Crippen molar-refractivity contribution in [3.63, 3.8) is 0 Å². The molecular formula is C68H104N6O13. The van der Waals surface area contributed by atoms with E-state index in [1.807, 2.05) is 119 Å². The van der Waals surface area contributed by atoms with Crippen molar-refractivity contribution in [3.8, 4) is 23.0 Å². The Labute approximate surface area is 519 Å². The van der Waals surface area contributed by atoms with Gasteiger partial charge in [-0.25, -0.2) is 9.59 Å². The zero-order valence-electron chi connectivity index (χ0n) is 54.9. The molecule has 19 heteroatoms. The summed E-state index contributed by atoms with van der Waals surface area (Å²) < 4.78 is 44.8. The number of carbonyl (C=O) groups is 5. The van der Waals surface area contributed by atoms with Crippen LogP contribution in [0.15, 0.2) is 66.7 Å². The van der Waals surface area contributed by atoms with E-state index in [1.54, 1.807) is 69.7 Å². The van der Waals surface area contributed by atoms with Crippen molar-refractivity contribution < 1.29 is 61.9 Å². The minimum atomic E-state index is -0.670. The van der Waals surface area contributed by atoms with E-state index >= 15 is 0 Å². The van der Waals surface area contributed by atoms with Crippen LogP contribution in [0, 0.1) is 0 Å². The Kier molecular flexibility index (Phi) is 26.7. The number of nitrogens with one attached hydrogen (secondary N) is 1. The van der Waals surface area contributed by atoms with Gasteiger partial charge in [0.25, 0.3) is 11.8 Å². The molecule has 484 valence electrons. The van der Waals surface area contributed by atoms with E-state index < -0.39 is 17.3 Å². The Balaban J connectivity index is 0.000000284. The standard InChI is InChI=1S/C38H55N3O7.C30H49N3O6/c1-27(2)41(36(43)29-14-19-33(46-7)34(25-29)47-23-11-22-45-6)32-18-17-31(40(26-32)37(44)48-38(3,4)5)20-21-39(30-15-16-30)35(42)24-28-12-9-8-10-13-28;1-21(2)33(28(34)22-9-14-26(37-7)27(19-22)38-18-8-17-36-6)25-13-12-24(15-16-31-23-10-11-23)32(20-25)29(35)39-30(3,4)5/h8-10,12-14,19,25,27,30-32H,11,15-18,20-24,26H2,1-7H3;9,14,19,21,23-25,31H,8,10-13,15-18,20H2,1-7H3/t31-,32+;24-,25-/m01/s1.